The summed E-state index contributed by atoms with van der Waals surface area (Å²) in [5.41, 5.74) is 0.674. The Kier molecular flexibility index (Phi) is 4.21. The van der Waals surface area contributed by atoms with Gasteiger partial charge in [-0.3, -0.25) is 4.79 Å². The summed E-state index contributed by atoms with van der Waals surface area (Å²) < 4.78 is 11.4. The fourth-order valence-corrected chi connectivity index (χ4v) is 2.82. The number of nitrogens with zero attached hydrogens (tertiary/aromatic N) is 1. The average molecular weight is 275 g/mol. The van der Waals surface area contributed by atoms with Crippen molar-refractivity contribution in [3.05, 3.63) is 29.8 Å². The number of para-hydroxylation sites is 1. The molecular formula is C16H21NO3. The molecule has 4 nitrogen and oxygen atoms in total. The van der Waals surface area contributed by atoms with E-state index in [0.29, 0.717) is 17.9 Å². The summed E-state index contributed by atoms with van der Waals surface area (Å²) in [6, 6.07) is 7.53. The summed E-state index contributed by atoms with van der Waals surface area (Å²) in [5, 5.41) is 0. The van der Waals surface area contributed by atoms with Crippen molar-refractivity contribution in [2.45, 2.75) is 31.8 Å². The third-order valence-corrected chi connectivity index (χ3v) is 3.96. The minimum Gasteiger partial charge on any atom is -0.490 e. The van der Waals surface area contributed by atoms with Crippen LogP contribution >= 0.6 is 0 Å². The summed E-state index contributed by atoms with van der Waals surface area (Å²) >= 11 is 0. The van der Waals surface area contributed by atoms with Gasteiger partial charge in [0, 0.05) is 19.7 Å². The third-order valence-electron chi connectivity index (χ3n) is 3.96. The van der Waals surface area contributed by atoms with Crippen LogP contribution in [0.2, 0.25) is 0 Å². The Balaban J connectivity index is 1.68. The highest BCUT2D eigenvalue weighted by Gasteiger charge is 2.23. The number of hydrogen-bond acceptors (Lipinski definition) is 3. The molecule has 0 N–H and O–H groups in total. The fourth-order valence-electron chi connectivity index (χ4n) is 2.82. The lowest BCUT2D eigenvalue weighted by molar-refractivity contribution is 0.0657. The largest absolute Gasteiger partial charge is 0.490 e. The Morgan fingerprint density at radius 2 is 2.05 bits per heavy atom. The summed E-state index contributed by atoms with van der Waals surface area (Å²) in [6.07, 6.45) is 4.52. The van der Waals surface area contributed by atoms with E-state index >= 15 is 0 Å². The van der Waals surface area contributed by atoms with Crippen molar-refractivity contribution in [1.82, 2.24) is 4.90 Å². The lowest BCUT2D eigenvalue weighted by Gasteiger charge is -2.18. The number of likely N-dealkylation sites (tertiary alicyclic amines) is 1. The number of benzene rings is 1. The molecule has 2 aliphatic rings. The van der Waals surface area contributed by atoms with Gasteiger partial charge in [-0.05, 0) is 37.8 Å². The molecule has 0 spiro atoms. The molecule has 2 heterocycles. The second-order valence-corrected chi connectivity index (χ2v) is 5.44. The zero-order valence-corrected chi connectivity index (χ0v) is 11.7. The number of carbonyl (C=O) groups excluding carboxylic acids is 1. The van der Waals surface area contributed by atoms with Gasteiger partial charge < -0.3 is 14.4 Å². The van der Waals surface area contributed by atoms with Crippen molar-refractivity contribution >= 4 is 5.91 Å². The van der Waals surface area contributed by atoms with Gasteiger partial charge in [0.1, 0.15) is 12.4 Å². The average Bonchev–Trinajstić information content (AvgIpc) is 3.18. The van der Waals surface area contributed by atoms with E-state index in [1.807, 2.05) is 29.2 Å². The van der Waals surface area contributed by atoms with Gasteiger partial charge in [0.05, 0.1) is 11.7 Å². The highest BCUT2D eigenvalue weighted by Crippen LogP contribution is 2.23. The van der Waals surface area contributed by atoms with Crippen LogP contribution in [0.3, 0.4) is 0 Å². The second kappa shape index (κ2) is 6.27. The van der Waals surface area contributed by atoms with Gasteiger partial charge in [-0.1, -0.05) is 12.1 Å². The van der Waals surface area contributed by atoms with E-state index < -0.39 is 0 Å². The van der Waals surface area contributed by atoms with Gasteiger partial charge in [-0.25, -0.2) is 0 Å². The van der Waals surface area contributed by atoms with E-state index in [2.05, 4.69) is 0 Å². The van der Waals surface area contributed by atoms with Gasteiger partial charge in [-0.2, -0.15) is 0 Å². The minimum atomic E-state index is 0.0884. The molecule has 20 heavy (non-hydrogen) atoms. The van der Waals surface area contributed by atoms with Crippen molar-refractivity contribution in [2.24, 2.45) is 0 Å². The number of ether oxygens (including phenoxy) is 2. The van der Waals surface area contributed by atoms with Crippen LogP contribution in [0.5, 0.6) is 5.75 Å². The molecule has 2 fully saturated rings. The van der Waals surface area contributed by atoms with Gasteiger partial charge in [0.15, 0.2) is 0 Å². The van der Waals surface area contributed by atoms with Crippen LogP contribution < -0.4 is 4.74 Å². The predicted octanol–water partition coefficient (Wildman–Crippen LogP) is 2.48. The first-order valence-electron chi connectivity index (χ1n) is 7.47. The smallest absolute Gasteiger partial charge is 0.257 e. The van der Waals surface area contributed by atoms with E-state index in [1.165, 1.54) is 0 Å². The van der Waals surface area contributed by atoms with Crippen molar-refractivity contribution in [3.8, 4) is 5.75 Å². The van der Waals surface area contributed by atoms with Gasteiger partial charge >= 0.3 is 0 Å². The second-order valence-electron chi connectivity index (χ2n) is 5.44. The molecule has 1 aromatic rings. The molecule has 1 aromatic carbocycles. The van der Waals surface area contributed by atoms with Crippen LogP contribution in [-0.4, -0.2) is 43.2 Å². The first kappa shape index (κ1) is 13.4. The van der Waals surface area contributed by atoms with E-state index in [0.717, 1.165) is 45.4 Å². The molecule has 1 amide bonds. The molecule has 0 radical (unpaired) electrons. The predicted molar refractivity (Wildman–Crippen MR) is 76.0 cm³/mol. The van der Waals surface area contributed by atoms with Gasteiger partial charge in [0.25, 0.3) is 5.91 Å². The zero-order valence-electron chi connectivity index (χ0n) is 11.7. The summed E-state index contributed by atoms with van der Waals surface area (Å²) in [7, 11) is 0. The molecule has 1 unspecified atom stereocenters. The Bertz CT molecular complexity index is 463. The van der Waals surface area contributed by atoms with Crippen LogP contribution in [0.1, 0.15) is 36.0 Å². The quantitative estimate of drug-likeness (QED) is 0.847. The van der Waals surface area contributed by atoms with Crippen LogP contribution in [0, 0.1) is 0 Å². The van der Waals surface area contributed by atoms with Crippen LogP contribution in [0.15, 0.2) is 24.3 Å². The maximum absolute atomic E-state index is 12.5. The molecule has 1 atom stereocenters. The standard InChI is InChI=1S/C16H21NO3/c18-16(17-9-3-4-10-17)14-7-1-2-8-15(14)20-12-13-6-5-11-19-13/h1-2,7-8,13H,3-6,9-12H2. The van der Waals surface area contributed by atoms with E-state index in [4.69, 9.17) is 9.47 Å². The topological polar surface area (TPSA) is 38.8 Å². The normalized spacial score (nSPS) is 22.2. The third kappa shape index (κ3) is 2.96. The number of hydrogen-bond donors (Lipinski definition) is 0. The van der Waals surface area contributed by atoms with Crippen molar-refractivity contribution in [3.63, 3.8) is 0 Å². The highest BCUT2D eigenvalue weighted by molar-refractivity contribution is 5.97. The lowest BCUT2D eigenvalue weighted by atomic mass is 10.1. The summed E-state index contributed by atoms with van der Waals surface area (Å²) in [4.78, 5) is 14.4. The molecule has 0 aliphatic carbocycles. The SMILES string of the molecule is O=C(c1ccccc1OCC1CCCO1)N1CCCC1. The van der Waals surface area contributed by atoms with Crippen molar-refractivity contribution in [1.29, 1.82) is 0 Å². The first-order chi connectivity index (χ1) is 9.84. The Labute approximate surface area is 119 Å². The molecule has 3 rings (SSSR count). The van der Waals surface area contributed by atoms with Gasteiger partial charge in [-0.15, -0.1) is 0 Å². The van der Waals surface area contributed by atoms with Crippen LogP contribution in [-0.2, 0) is 4.74 Å². The summed E-state index contributed by atoms with van der Waals surface area (Å²) in [6.45, 7) is 3.07. The maximum atomic E-state index is 12.5. The highest BCUT2D eigenvalue weighted by atomic mass is 16.5. The maximum Gasteiger partial charge on any atom is 0.257 e. The minimum absolute atomic E-state index is 0.0884. The number of carbonyl (C=O) groups is 1. The fraction of sp³-hybridized carbons (Fsp3) is 0.562. The zero-order chi connectivity index (χ0) is 13.8. The Morgan fingerprint density at radius 3 is 2.80 bits per heavy atom. The number of rotatable bonds is 4. The monoisotopic (exact) mass is 275 g/mol. The molecular weight excluding hydrogens is 254 g/mol. The van der Waals surface area contributed by atoms with Crippen molar-refractivity contribution in [2.75, 3.05) is 26.3 Å². The first-order valence-corrected chi connectivity index (χ1v) is 7.47. The van der Waals surface area contributed by atoms with E-state index in [-0.39, 0.29) is 12.0 Å². The lowest BCUT2D eigenvalue weighted by Crippen LogP contribution is -2.28. The van der Waals surface area contributed by atoms with Crippen LogP contribution in [0.4, 0.5) is 0 Å². The van der Waals surface area contributed by atoms with Crippen LogP contribution in [0.25, 0.3) is 0 Å². The summed E-state index contributed by atoms with van der Waals surface area (Å²) in [5.74, 6) is 0.769. The van der Waals surface area contributed by atoms with Crippen molar-refractivity contribution < 1.29 is 14.3 Å². The molecule has 2 aliphatic heterocycles. The molecule has 4 heteroatoms. The molecule has 0 saturated carbocycles. The van der Waals surface area contributed by atoms with E-state index in [1.54, 1.807) is 0 Å². The molecule has 0 bridgehead atoms. The Morgan fingerprint density at radius 1 is 1.25 bits per heavy atom. The molecule has 2 saturated heterocycles. The molecule has 0 aromatic heterocycles. The number of amides is 1. The van der Waals surface area contributed by atoms with E-state index in [9.17, 15) is 4.79 Å². The van der Waals surface area contributed by atoms with Gasteiger partial charge in [0.2, 0.25) is 0 Å². The molecule has 108 valence electrons. The Hall–Kier alpha value is -1.55.